The molecule has 0 spiro atoms. The number of hydrogen-bond acceptors (Lipinski definition) is 7. The molecule has 0 aliphatic heterocycles. The van der Waals surface area contributed by atoms with E-state index in [1.54, 1.807) is 7.11 Å². The van der Waals surface area contributed by atoms with Crippen molar-refractivity contribution in [3.8, 4) is 0 Å². The van der Waals surface area contributed by atoms with Crippen LogP contribution in [0.3, 0.4) is 0 Å². The lowest BCUT2D eigenvalue weighted by atomic mass is 9.84. The lowest BCUT2D eigenvalue weighted by Gasteiger charge is -2.33. The Hall–Kier alpha value is -3.33. The van der Waals surface area contributed by atoms with E-state index < -0.39 is 21.1 Å². The van der Waals surface area contributed by atoms with Crippen molar-refractivity contribution >= 4 is 22.8 Å². The molecule has 0 heterocycles. The molecule has 0 aromatic heterocycles. The number of benzene rings is 2. The molecule has 1 aliphatic carbocycles. The summed E-state index contributed by atoms with van der Waals surface area (Å²) in [5, 5.41) is 26.8. The Kier molecular flexibility index (Phi) is 6.18. The molecule has 0 amide bonds. The van der Waals surface area contributed by atoms with E-state index in [1.807, 2.05) is 30.3 Å². The van der Waals surface area contributed by atoms with Crippen LogP contribution >= 0.6 is 0 Å². The van der Waals surface area contributed by atoms with E-state index in [-0.39, 0.29) is 11.4 Å². The number of methoxy groups -OCH3 is 1. The fraction of sp³-hybridized carbons (Fsp3) is 0.350. The van der Waals surface area contributed by atoms with E-state index in [0.29, 0.717) is 6.42 Å². The van der Waals surface area contributed by atoms with Crippen LogP contribution in [0.15, 0.2) is 53.6 Å². The molecule has 0 radical (unpaired) electrons. The second kappa shape index (κ2) is 8.78. The average Bonchev–Trinajstić information content (AvgIpc) is 2.95. The van der Waals surface area contributed by atoms with Gasteiger partial charge in [0.1, 0.15) is 11.3 Å². The molecule has 1 unspecified atom stereocenters. The Morgan fingerprint density at radius 2 is 1.79 bits per heavy atom. The van der Waals surface area contributed by atoms with E-state index in [4.69, 9.17) is 4.74 Å². The maximum atomic E-state index is 11.4. The number of ether oxygens (including phenoxy) is 1. The van der Waals surface area contributed by atoms with Crippen LogP contribution < -0.4 is 5.43 Å². The van der Waals surface area contributed by atoms with Crippen molar-refractivity contribution in [3.05, 3.63) is 74.3 Å². The minimum atomic E-state index is -0.722. The van der Waals surface area contributed by atoms with Crippen molar-refractivity contribution in [2.75, 3.05) is 12.5 Å². The summed E-state index contributed by atoms with van der Waals surface area (Å²) >= 11 is 0. The van der Waals surface area contributed by atoms with Crippen molar-refractivity contribution < 1.29 is 14.6 Å². The lowest BCUT2D eigenvalue weighted by Crippen LogP contribution is -2.37. The first-order chi connectivity index (χ1) is 14.0. The number of anilines is 1. The highest BCUT2D eigenvalue weighted by molar-refractivity contribution is 5.94. The van der Waals surface area contributed by atoms with Crippen LogP contribution in [0.5, 0.6) is 0 Å². The standard InChI is InChI=1S/C20H22N4O5/c1-29-20(15-8-4-2-5-9-15)13-7-3-6-10-19(20)22-21-17-12-11-16(23(25)26)14-18(17)24(27)28/h2,4-5,8-9,11-12,14,21H,3,6-7,10,13H2,1H3. The molecule has 1 N–H and O–H groups in total. The van der Waals surface area contributed by atoms with Crippen LogP contribution in [0.2, 0.25) is 0 Å². The molecule has 152 valence electrons. The first-order valence-corrected chi connectivity index (χ1v) is 9.34. The van der Waals surface area contributed by atoms with Crippen molar-refractivity contribution in [3.63, 3.8) is 0 Å². The predicted molar refractivity (Wildman–Crippen MR) is 109 cm³/mol. The van der Waals surface area contributed by atoms with E-state index in [2.05, 4.69) is 10.5 Å². The van der Waals surface area contributed by atoms with Gasteiger partial charge >= 0.3 is 5.69 Å². The van der Waals surface area contributed by atoms with E-state index >= 15 is 0 Å². The largest absolute Gasteiger partial charge is 0.367 e. The monoisotopic (exact) mass is 398 g/mol. The number of non-ortho nitro benzene ring substituents is 1. The third-order valence-corrected chi connectivity index (χ3v) is 5.20. The molecular weight excluding hydrogens is 376 g/mol. The van der Waals surface area contributed by atoms with Crippen molar-refractivity contribution in [1.29, 1.82) is 0 Å². The zero-order valence-electron chi connectivity index (χ0n) is 16.0. The Bertz CT molecular complexity index is 932. The number of hydrogen-bond donors (Lipinski definition) is 1. The summed E-state index contributed by atoms with van der Waals surface area (Å²) in [4.78, 5) is 21.0. The van der Waals surface area contributed by atoms with Crippen LogP contribution in [0.4, 0.5) is 17.1 Å². The average molecular weight is 398 g/mol. The zero-order chi connectivity index (χ0) is 20.9. The summed E-state index contributed by atoms with van der Waals surface area (Å²) in [5.74, 6) is 0. The molecule has 2 aromatic rings. The van der Waals surface area contributed by atoms with Gasteiger partial charge in [-0.25, -0.2) is 0 Å². The second-order valence-corrected chi connectivity index (χ2v) is 6.84. The third kappa shape index (κ3) is 4.24. The SMILES string of the molecule is COC1(c2ccccc2)CCCCCC1=NNc1ccc([N+](=O)[O-])cc1[N+](=O)[O-]. The zero-order valence-corrected chi connectivity index (χ0v) is 16.0. The predicted octanol–water partition coefficient (Wildman–Crippen LogP) is 4.78. The fourth-order valence-corrected chi connectivity index (χ4v) is 3.70. The van der Waals surface area contributed by atoms with Gasteiger partial charge in [0, 0.05) is 13.2 Å². The lowest BCUT2D eigenvalue weighted by molar-refractivity contribution is -0.393. The molecule has 0 bridgehead atoms. The number of hydrazone groups is 1. The van der Waals surface area contributed by atoms with Gasteiger partial charge in [-0.2, -0.15) is 5.10 Å². The van der Waals surface area contributed by atoms with E-state index in [1.165, 1.54) is 12.1 Å². The Labute approximate surface area is 167 Å². The fourth-order valence-electron chi connectivity index (χ4n) is 3.70. The van der Waals surface area contributed by atoms with Gasteiger partial charge in [0.15, 0.2) is 0 Å². The minimum absolute atomic E-state index is 0.0930. The number of nitrogens with zero attached hydrogens (tertiary/aromatic N) is 3. The minimum Gasteiger partial charge on any atom is -0.367 e. The maximum Gasteiger partial charge on any atom is 0.301 e. The molecule has 1 atom stereocenters. The highest BCUT2D eigenvalue weighted by Gasteiger charge is 2.39. The molecule has 1 saturated carbocycles. The second-order valence-electron chi connectivity index (χ2n) is 6.84. The topological polar surface area (TPSA) is 120 Å². The summed E-state index contributed by atoms with van der Waals surface area (Å²) in [6, 6.07) is 13.2. The number of rotatable bonds is 6. The summed E-state index contributed by atoms with van der Waals surface area (Å²) < 4.78 is 5.98. The van der Waals surface area contributed by atoms with Gasteiger partial charge in [-0.3, -0.25) is 25.7 Å². The van der Waals surface area contributed by atoms with Gasteiger partial charge in [-0.15, -0.1) is 0 Å². The molecule has 1 aliphatic rings. The summed E-state index contributed by atoms with van der Waals surface area (Å²) in [5.41, 5.74) is 3.10. The molecule has 9 nitrogen and oxygen atoms in total. The van der Waals surface area contributed by atoms with Crippen LogP contribution in [0.1, 0.15) is 37.7 Å². The van der Waals surface area contributed by atoms with Crippen LogP contribution in [-0.2, 0) is 10.3 Å². The van der Waals surface area contributed by atoms with Crippen molar-refractivity contribution in [2.45, 2.75) is 37.7 Å². The number of nitro benzene ring substituents is 2. The normalized spacial score (nSPS) is 20.8. The molecule has 3 rings (SSSR count). The Morgan fingerprint density at radius 1 is 1.03 bits per heavy atom. The van der Waals surface area contributed by atoms with E-state index in [9.17, 15) is 20.2 Å². The van der Waals surface area contributed by atoms with Gasteiger partial charge in [-0.05, 0) is 37.3 Å². The number of nitro groups is 2. The molecule has 2 aromatic carbocycles. The van der Waals surface area contributed by atoms with Crippen LogP contribution in [0.25, 0.3) is 0 Å². The molecular formula is C20H22N4O5. The molecule has 29 heavy (non-hydrogen) atoms. The first-order valence-electron chi connectivity index (χ1n) is 9.34. The van der Waals surface area contributed by atoms with Crippen LogP contribution in [0, 0.1) is 20.2 Å². The maximum absolute atomic E-state index is 11.4. The van der Waals surface area contributed by atoms with Gasteiger partial charge in [0.05, 0.1) is 21.6 Å². The van der Waals surface area contributed by atoms with Gasteiger partial charge < -0.3 is 4.74 Å². The van der Waals surface area contributed by atoms with Gasteiger partial charge in [0.2, 0.25) is 0 Å². The van der Waals surface area contributed by atoms with Gasteiger partial charge in [0.25, 0.3) is 5.69 Å². The Balaban J connectivity index is 2.01. The molecule has 1 fully saturated rings. The summed E-state index contributed by atoms with van der Waals surface area (Å²) in [7, 11) is 1.64. The van der Waals surface area contributed by atoms with Crippen molar-refractivity contribution in [2.24, 2.45) is 5.10 Å². The summed E-state index contributed by atoms with van der Waals surface area (Å²) in [6.45, 7) is 0. The Morgan fingerprint density at radius 3 is 2.45 bits per heavy atom. The first kappa shape index (κ1) is 20.4. The smallest absolute Gasteiger partial charge is 0.301 e. The highest BCUT2D eigenvalue weighted by Crippen LogP contribution is 2.38. The number of nitrogens with one attached hydrogen (secondary N) is 1. The molecule has 9 heteroatoms. The quantitative estimate of drug-likeness (QED) is 0.425. The van der Waals surface area contributed by atoms with Crippen LogP contribution in [-0.4, -0.2) is 22.7 Å². The van der Waals surface area contributed by atoms with Gasteiger partial charge in [-0.1, -0.05) is 36.8 Å². The van der Waals surface area contributed by atoms with Crippen molar-refractivity contribution in [1.82, 2.24) is 0 Å². The summed E-state index contributed by atoms with van der Waals surface area (Å²) in [6.07, 6.45) is 4.36. The molecule has 0 saturated heterocycles. The van der Waals surface area contributed by atoms with E-state index in [0.717, 1.165) is 43.0 Å². The third-order valence-electron chi connectivity index (χ3n) is 5.20. The highest BCUT2D eigenvalue weighted by atomic mass is 16.6.